The average molecular weight is 1150 g/mol. The quantitative estimate of drug-likeness (QED) is 0.0253. The lowest BCUT2D eigenvalue weighted by atomic mass is 9.97. The summed E-state index contributed by atoms with van der Waals surface area (Å²) in [5.74, 6) is -9.00. The molecule has 34 nitrogen and oxygen atoms in total. The van der Waals surface area contributed by atoms with Crippen molar-refractivity contribution in [3.8, 4) is 0 Å². The molecule has 3 rings (SSSR count). The zero-order valence-electron chi connectivity index (χ0n) is 41.9. The van der Waals surface area contributed by atoms with Crippen LogP contribution < -0.4 is 49.1 Å². The van der Waals surface area contributed by atoms with Gasteiger partial charge in [0.25, 0.3) is 0 Å². The molecule has 3 heterocycles. The molecule has 0 saturated carbocycles. The van der Waals surface area contributed by atoms with Gasteiger partial charge in [-0.3, -0.25) is 47.2 Å². The van der Waals surface area contributed by atoms with E-state index in [4.69, 9.17) is 35.3 Å². The number of phosphoric ester groups is 2. The Labute approximate surface area is 436 Å². The van der Waals surface area contributed by atoms with Crippen molar-refractivity contribution < 1.29 is 115 Å². The first-order valence-corrected chi connectivity index (χ1v) is 26.4. The zero-order chi connectivity index (χ0) is 58.3. The summed E-state index contributed by atoms with van der Waals surface area (Å²) in [7, 11) is -11.7. The number of ether oxygens (including phenoxy) is 3. The van der Waals surface area contributed by atoms with E-state index in [-0.39, 0.29) is 18.8 Å². The number of aliphatic hydroxyl groups excluding tert-OH is 3. The Morgan fingerprint density at radius 2 is 1.43 bits per heavy atom. The number of nitrogens with one attached hydrogen (secondary N) is 6. The van der Waals surface area contributed by atoms with E-state index in [9.17, 15) is 82.5 Å². The Kier molecular flexibility index (Phi) is 25.0. The van der Waals surface area contributed by atoms with Crippen LogP contribution in [0.2, 0.25) is 0 Å². The molecule has 0 bridgehead atoms. The topological polar surface area (TPSA) is 527 Å². The number of unbranched alkanes of at least 4 members (excludes halogenated alkanes) is 1. The van der Waals surface area contributed by atoms with Crippen LogP contribution in [0.1, 0.15) is 73.0 Å². The van der Waals surface area contributed by atoms with Crippen LogP contribution in [0.4, 0.5) is 10.2 Å². The average Bonchev–Trinajstić information content (AvgIpc) is 3.61. The zero-order valence-corrected chi connectivity index (χ0v) is 43.7. The van der Waals surface area contributed by atoms with Crippen molar-refractivity contribution in [3.63, 3.8) is 0 Å². The molecule has 37 heteroatoms. The second kappa shape index (κ2) is 29.4. The monoisotopic (exact) mass is 1150 g/mol. The lowest BCUT2D eigenvalue weighted by molar-refractivity contribution is -0.247. The molecule has 2 unspecified atom stereocenters. The first-order valence-electron chi connectivity index (χ1n) is 23.4. The van der Waals surface area contributed by atoms with E-state index in [1.807, 2.05) is 0 Å². The van der Waals surface area contributed by atoms with Gasteiger partial charge in [0.05, 0.1) is 13.2 Å². The molecule has 0 spiro atoms. The molecular weight excluding hydrogens is 1090 g/mol. The van der Waals surface area contributed by atoms with Crippen LogP contribution in [0.25, 0.3) is 0 Å². The first-order chi connectivity index (χ1) is 35.8. The van der Waals surface area contributed by atoms with Gasteiger partial charge in [0.2, 0.25) is 35.4 Å². The van der Waals surface area contributed by atoms with Crippen molar-refractivity contribution in [3.05, 3.63) is 22.7 Å². The molecule has 2 aliphatic heterocycles. The first kappa shape index (κ1) is 65.6. The summed E-state index contributed by atoms with van der Waals surface area (Å²) in [4.78, 5) is 137. The number of amides is 6. The lowest BCUT2D eigenvalue weighted by Gasteiger charge is -2.43. The molecule has 1 aromatic heterocycles. The van der Waals surface area contributed by atoms with Crippen LogP contribution in [-0.4, -0.2) is 197 Å². The summed E-state index contributed by atoms with van der Waals surface area (Å²) in [5, 5.41) is 63.1. The number of nitrogen functional groups attached to an aromatic ring is 1. The molecule has 0 radical (unpaired) electrons. The maximum Gasteiger partial charge on any atom is 0.483 e. The second-order valence-electron chi connectivity index (χ2n) is 17.5. The van der Waals surface area contributed by atoms with E-state index in [2.05, 4.69) is 45.7 Å². The number of carbonyl (C=O) groups excluding carboxylic acids is 6. The van der Waals surface area contributed by atoms with Crippen molar-refractivity contribution in [2.24, 2.45) is 5.73 Å². The Hall–Kier alpha value is -5.65. The van der Waals surface area contributed by atoms with Gasteiger partial charge in [-0.2, -0.15) is 9.29 Å². The molecule has 1 aromatic rings. The molecule has 2 saturated heterocycles. The third kappa shape index (κ3) is 20.0. The number of carboxylic acid groups (broad SMARTS) is 2. The Morgan fingerprint density at radius 3 is 2.00 bits per heavy atom. The van der Waals surface area contributed by atoms with E-state index < -0.39 is 186 Å². The molecule has 2 fully saturated rings. The number of anilines is 1. The van der Waals surface area contributed by atoms with Crippen LogP contribution in [0.5, 0.6) is 0 Å². The van der Waals surface area contributed by atoms with E-state index in [0.717, 1.165) is 37.6 Å². The number of alkyl halides is 1. The number of aliphatic hydroxyl groups is 3. The van der Waals surface area contributed by atoms with E-state index >= 15 is 4.39 Å². The third-order valence-corrected chi connectivity index (χ3v) is 13.9. The number of nitrogens with zero attached hydrogens (tertiary/aromatic N) is 2. The Morgan fingerprint density at radius 1 is 0.818 bits per heavy atom. The molecule has 436 valence electrons. The van der Waals surface area contributed by atoms with Gasteiger partial charge >= 0.3 is 33.3 Å². The van der Waals surface area contributed by atoms with Gasteiger partial charge in [0.1, 0.15) is 78.7 Å². The van der Waals surface area contributed by atoms with E-state index in [0.29, 0.717) is 12.8 Å². The number of aliphatic carboxylic acids is 2. The fourth-order valence-corrected chi connectivity index (χ4v) is 9.36. The maximum absolute atomic E-state index is 16.0. The summed E-state index contributed by atoms with van der Waals surface area (Å²) in [6.07, 6.45) is -17.3. The third-order valence-electron chi connectivity index (χ3n) is 11.3. The molecular formula is C40H65FN10O24P2. The Bertz CT molecular complexity index is 2430. The van der Waals surface area contributed by atoms with Gasteiger partial charge < -0.3 is 92.9 Å². The van der Waals surface area contributed by atoms with Gasteiger partial charge in [-0.1, -0.05) is 0 Å². The molecule has 17 atom stereocenters. The van der Waals surface area contributed by atoms with E-state index in [1.54, 1.807) is 0 Å². The van der Waals surface area contributed by atoms with Crippen molar-refractivity contribution in [2.75, 3.05) is 25.5 Å². The van der Waals surface area contributed by atoms with Crippen LogP contribution >= 0.6 is 15.6 Å². The minimum atomic E-state index is -5.98. The summed E-state index contributed by atoms with van der Waals surface area (Å²) < 4.78 is 72.8. The highest BCUT2D eigenvalue weighted by Crippen LogP contribution is 2.61. The summed E-state index contributed by atoms with van der Waals surface area (Å²) in [5.41, 5.74) is 9.97. The van der Waals surface area contributed by atoms with Crippen LogP contribution in [0.3, 0.4) is 0 Å². The highest BCUT2D eigenvalue weighted by molar-refractivity contribution is 7.61. The highest BCUT2D eigenvalue weighted by Gasteiger charge is 2.53. The van der Waals surface area contributed by atoms with Gasteiger partial charge in [0.15, 0.2) is 18.7 Å². The SMILES string of the molecule is CC(=O)N[C@H]1[C@@H](OP(=O)(O)OP(=O)(O)OC[C@H]2O[C@@H](n3ccc(N)nc3=O)[C@H](O)[C@@H]2O)O[C@H](CO)[C@@H](F)[C@@H]1O[C@H](C)C(=O)N[C@@H](C)C(=O)N[C@H](CCC(=O)N[C@@H](CCCCN)C(=O)N[C@H](C)C(=O)N[C@H](C)C(=O)O)C(=O)O. The summed E-state index contributed by atoms with van der Waals surface area (Å²) >= 11 is 0. The predicted octanol–water partition coefficient (Wildman–Crippen LogP) is -5.41. The molecule has 0 aromatic carbocycles. The molecule has 17 N–H and O–H groups in total. The lowest BCUT2D eigenvalue weighted by Crippen LogP contribution is -2.65. The number of nitrogens with two attached hydrogens (primary N) is 2. The molecule has 77 heavy (non-hydrogen) atoms. The maximum atomic E-state index is 16.0. The number of phosphoric acid groups is 2. The minimum absolute atomic E-state index is 0.0295. The number of hydrogen-bond donors (Lipinski definition) is 15. The smallest absolute Gasteiger partial charge is 0.480 e. The number of carbonyl (C=O) groups is 8. The van der Waals surface area contributed by atoms with Crippen molar-refractivity contribution in [1.82, 2.24) is 41.5 Å². The van der Waals surface area contributed by atoms with Crippen molar-refractivity contribution >= 4 is 68.8 Å². The number of hydrogen-bond acceptors (Lipinski definition) is 23. The summed E-state index contributed by atoms with van der Waals surface area (Å²) in [6.45, 7) is 3.31. The number of halogens is 1. The standard InChI is InChI=1S/C40H65FN10O24P2/c1-16(32(57)46-18(3)37(61)62)45-35(60)21(8-6-7-12-42)48-26(54)10-9-22(38(63)64)49-33(58)17(2)44-34(59)19(4)71-31-27(41)23(14-52)73-39(28(31)47-20(5)53)74-77(68,69)75-76(66,67)70-15-24-29(55)30(56)36(72-24)51-13-11-25(43)50-40(51)65/h11,13,16-19,21-24,27-31,36,39,52,55-56H,6-10,12,14-15,42H2,1-5H3,(H,44,59)(H,45,60)(H,46,57)(H,47,53)(H,48,54)(H,49,58)(H,61,62)(H,63,64)(H,66,67)(H,68,69)(H2,43,50,65)/t16-,17+,18-,19-,21+,22-,23-,24-,27-,28-,29-,30-,31+,36-,39-/m1/s1. The Balaban J connectivity index is 1.65. The molecule has 2 aliphatic rings. The normalized spacial score (nSPS) is 26.2. The van der Waals surface area contributed by atoms with Crippen molar-refractivity contribution in [1.29, 1.82) is 0 Å². The number of rotatable bonds is 30. The van der Waals surface area contributed by atoms with Gasteiger partial charge in [-0.25, -0.2) is 23.1 Å². The van der Waals surface area contributed by atoms with Gasteiger partial charge in [-0.15, -0.1) is 0 Å². The highest BCUT2D eigenvalue weighted by atomic mass is 31.3. The van der Waals surface area contributed by atoms with Crippen LogP contribution in [-0.2, 0) is 75.1 Å². The van der Waals surface area contributed by atoms with Crippen molar-refractivity contribution in [2.45, 2.75) is 158 Å². The fourth-order valence-electron chi connectivity index (χ4n) is 7.19. The number of aromatic nitrogens is 2. The summed E-state index contributed by atoms with van der Waals surface area (Å²) in [6, 6.07) is -8.02. The molecule has 6 amide bonds. The fraction of sp³-hybridized carbons (Fsp3) is 0.700. The largest absolute Gasteiger partial charge is 0.483 e. The van der Waals surface area contributed by atoms with Gasteiger partial charge in [-0.05, 0) is 66.0 Å². The van der Waals surface area contributed by atoms with Gasteiger partial charge in [0, 0.05) is 19.5 Å². The second-order valence-corrected chi connectivity index (χ2v) is 20.5. The number of carboxylic acids is 2. The predicted molar refractivity (Wildman–Crippen MR) is 253 cm³/mol. The minimum Gasteiger partial charge on any atom is -0.480 e. The van der Waals surface area contributed by atoms with Crippen LogP contribution in [0, 0.1) is 0 Å². The molecule has 0 aliphatic carbocycles. The van der Waals surface area contributed by atoms with Crippen LogP contribution in [0.15, 0.2) is 17.1 Å². The van der Waals surface area contributed by atoms with E-state index in [1.165, 1.54) is 13.8 Å².